The van der Waals surface area contributed by atoms with Crippen molar-refractivity contribution in [3.63, 3.8) is 0 Å². The summed E-state index contributed by atoms with van der Waals surface area (Å²) in [4.78, 5) is 61.5. The topological polar surface area (TPSA) is 154 Å². The number of halogens is 1. The summed E-state index contributed by atoms with van der Waals surface area (Å²) >= 11 is 6.68. The number of ether oxygens (including phenoxy) is 3. The van der Waals surface area contributed by atoms with Gasteiger partial charge in [-0.15, -0.1) is 0 Å². The van der Waals surface area contributed by atoms with Crippen LogP contribution in [0.3, 0.4) is 0 Å². The third-order valence-corrected chi connectivity index (χ3v) is 7.15. The number of benzene rings is 3. The molecule has 1 fully saturated rings. The van der Waals surface area contributed by atoms with Gasteiger partial charge in [0.1, 0.15) is 13.2 Å². The third kappa shape index (κ3) is 7.70. The Morgan fingerprint density at radius 2 is 1.86 bits per heavy atom. The van der Waals surface area contributed by atoms with Gasteiger partial charge in [-0.3, -0.25) is 29.4 Å². The number of nitrogens with zero attached hydrogens (tertiary/aromatic N) is 2. The smallest absolute Gasteiger partial charge is 0.339 e. The number of amides is 3. The second-order valence-electron chi connectivity index (χ2n) is 8.86. The molecule has 0 saturated carbocycles. The number of hydrogen-bond acceptors (Lipinski definition) is 10. The predicted octanol–water partition coefficient (Wildman–Crippen LogP) is 5.69. The lowest BCUT2D eigenvalue weighted by Crippen LogP contribution is -2.36. The number of nitro groups is 1. The van der Waals surface area contributed by atoms with Crippen molar-refractivity contribution in [2.24, 2.45) is 0 Å². The Labute approximate surface area is 254 Å². The van der Waals surface area contributed by atoms with Gasteiger partial charge in [0.15, 0.2) is 11.5 Å². The second kappa shape index (κ2) is 13.9. The number of rotatable bonds is 11. The van der Waals surface area contributed by atoms with E-state index >= 15 is 0 Å². The van der Waals surface area contributed by atoms with E-state index in [1.165, 1.54) is 43.5 Å². The van der Waals surface area contributed by atoms with E-state index in [2.05, 4.69) is 10.1 Å². The van der Waals surface area contributed by atoms with Crippen LogP contribution in [-0.2, 0) is 20.9 Å². The van der Waals surface area contributed by atoms with Crippen molar-refractivity contribution >= 4 is 63.8 Å². The number of nitro benzene ring substituents is 1. The zero-order valence-corrected chi connectivity index (χ0v) is 24.4. The zero-order valence-electron chi connectivity index (χ0n) is 22.8. The van der Waals surface area contributed by atoms with Crippen molar-refractivity contribution in [2.45, 2.75) is 13.5 Å². The lowest BCUT2D eigenvalue weighted by Gasteiger charge is -2.13. The molecule has 0 radical (unpaired) electrons. The Kier molecular flexibility index (Phi) is 10.0. The predicted molar refractivity (Wildman–Crippen MR) is 159 cm³/mol. The van der Waals surface area contributed by atoms with Crippen LogP contribution in [0, 0.1) is 10.1 Å². The van der Waals surface area contributed by atoms with E-state index in [0.29, 0.717) is 41.0 Å². The summed E-state index contributed by atoms with van der Waals surface area (Å²) in [7, 11) is 1.19. The van der Waals surface area contributed by atoms with Crippen molar-refractivity contribution in [3.05, 3.63) is 97.4 Å². The first kappa shape index (κ1) is 31.1. The number of anilines is 1. The molecule has 1 saturated heterocycles. The number of thioether (sulfide) groups is 1. The van der Waals surface area contributed by atoms with E-state index in [1.807, 2.05) is 0 Å². The van der Waals surface area contributed by atoms with Gasteiger partial charge in [-0.05, 0) is 66.2 Å². The molecule has 14 heteroatoms. The molecule has 4 rings (SSSR count). The van der Waals surface area contributed by atoms with Crippen LogP contribution in [0.1, 0.15) is 28.4 Å². The molecule has 1 heterocycles. The molecule has 3 amide bonds. The first-order valence-corrected chi connectivity index (χ1v) is 13.8. The number of imide groups is 1. The normalized spacial score (nSPS) is 13.7. The highest BCUT2D eigenvalue weighted by Crippen LogP contribution is 2.35. The average Bonchev–Trinajstić information content (AvgIpc) is 3.24. The van der Waals surface area contributed by atoms with Crippen molar-refractivity contribution in [3.8, 4) is 11.5 Å². The number of carbonyl (C=O) groups is 4. The summed E-state index contributed by atoms with van der Waals surface area (Å²) in [5, 5.41) is 13.1. The SMILES string of the molecule is CCOc1cc(/C=C2/SC(=O)N(CC(=O)Nc3ccc(Cl)c(C(=O)OC)c3)C2=O)ccc1OCc1cccc([N+](=O)[O-])c1. The molecule has 3 aromatic carbocycles. The molecule has 1 N–H and O–H groups in total. The number of esters is 1. The zero-order chi connectivity index (χ0) is 31.1. The average molecular weight is 626 g/mol. The monoisotopic (exact) mass is 625 g/mol. The summed E-state index contributed by atoms with van der Waals surface area (Å²) in [5.41, 5.74) is 1.36. The molecule has 0 spiro atoms. The molecular weight excluding hydrogens is 602 g/mol. The molecule has 0 aliphatic carbocycles. The molecular formula is C29H24ClN3O9S. The Morgan fingerprint density at radius 3 is 2.58 bits per heavy atom. The van der Waals surface area contributed by atoms with E-state index in [9.17, 15) is 29.3 Å². The van der Waals surface area contributed by atoms with Gasteiger partial charge in [0.2, 0.25) is 5.91 Å². The molecule has 222 valence electrons. The summed E-state index contributed by atoms with van der Waals surface area (Å²) < 4.78 is 16.2. The Morgan fingerprint density at radius 1 is 1.07 bits per heavy atom. The molecule has 0 bridgehead atoms. The quantitative estimate of drug-likeness (QED) is 0.122. The molecule has 0 aromatic heterocycles. The summed E-state index contributed by atoms with van der Waals surface area (Å²) in [6.45, 7) is 1.61. The minimum atomic E-state index is -0.688. The standard InChI is InChI=1S/C29H24ClN3O9S/c1-3-41-24-12-17(7-10-23(24)42-16-18-5-4-6-20(11-18)33(38)39)13-25-27(35)32(29(37)43-25)15-26(34)31-19-8-9-22(30)21(14-19)28(36)40-2/h4-14H,3,15-16H2,1-2H3,(H,31,34)/b25-13+. The van der Waals surface area contributed by atoms with Gasteiger partial charge in [-0.25, -0.2) is 4.79 Å². The number of nitrogens with one attached hydrogen (secondary N) is 1. The van der Waals surface area contributed by atoms with Crippen LogP contribution >= 0.6 is 23.4 Å². The first-order chi connectivity index (χ1) is 20.6. The number of hydrogen-bond donors (Lipinski definition) is 1. The fourth-order valence-electron chi connectivity index (χ4n) is 3.92. The van der Waals surface area contributed by atoms with E-state index < -0.39 is 34.5 Å². The maximum atomic E-state index is 13.0. The van der Waals surface area contributed by atoms with Gasteiger partial charge in [0.25, 0.3) is 16.8 Å². The Balaban J connectivity index is 1.44. The Hall–Kier alpha value is -4.88. The minimum absolute atomic E-state index is 0.0444. The molecule has 1 aliphatic rings. The molecule has 3 aromatic rings. The molecule has 12 nitrogen and oxygen atoms in total. The van der Waals surface area contributed by atoms with E-state index in [1.54, 1.807) is 37.3 Å². The lowest BCUT2D eigenvalue weighted by molar-refractivity contribution is -0.384. The van der Waals surface area contributed by atoms with Crippen LogP contribution in [0.15, 0.2) is 65.6 Å². The third-order valence-electron chi connectivity index (χ3n) is 5.91. The van der Waals surface area contributed by atoms with Crippen molar-refractivity contribution < 1.29 is 38.3 Å². The van der Waals surface area contributed by atoms with Gasteiger partial charge in [0, 0.05) is 17.8 Å². The van der Waals surface area contributed by atoms with Gasteiger partial charge in [-0.2, -0.15) is 0 Å². The van der Waals surface area contributed by atoms with Crippen LogP contribution in [0.4, 0.5) is 16.2 Å². The highest BCUT2D eigenvalue weighted by Gasteiger charge is 2.36. The second-order valence-corrected chi connectivity index (χ2v) is 10.3. The van der Waals surface area contributed by atoms with Gasteiger partial charge < -0.3 is 19.5 Å². The molecule has 43 heavy (non-hydrogen) atoms. The van der Waals surface area contributed by atoms with Crippen LogP contribution in [0.5, 0.6) is 11.5 Å². The maximum absolute atomic E-state index is 13.0. The highest BCUT2D eigenvalue weighted by molar-refractivity contribution is 8.18. The van der Waals surface area contributed by atoms with Crippen molar-refractivity contribution in [2.75, 3.05) is 25.6 Å². The van der Waals surface area contributed by atoms with Gasteiger partial charge in [-0.1, -0.05) is 29.8 Å². The Bertz CT molecular complexity index is 1640. The number of methoxy groups -OCH3 is 1. The first-order valence-electron chi connectivity index (χ1n) is 12.7. The number of non-ortho nitro benzene ring substituents is 1. The largest absolute Gasteiger partial charge is 0.490 e. The molecule has 0 atom stereocenters. The van der Waals surface area contributed by atoms with E-state index in [-0.39, 0.29) is 33.5 Å². The highest BCUT2D eigenvalue weighted by atomic mass is 35.5. The van der Waals surface area contributed by atoms with Crippen LogP contribution < -0.4 is 14.8 Å². The minimum Gasteiger partial charge on any atom is -0.490 e. The molecule has 0 unspecified atom stereocenters. The maximum Gasteiger partial charge on any atom is 0.339 e. The summed E-state index contributed by atoms with van der Waals surface area (Å²) in [6, 6.07) is 15.2. The van der Waals surface area contributed by atoms with E-state index in [4.69, 9.17) is 21.1 Å². The van der Waals surface area contributed by atoms with Crippen LogP contribution in [0.2, 0.25) is 5.02 Å². The summed E-state index contributed by atoms with van der Waals surface area (Å²) in [6.07, 6.45) is 1.50. The lowest BCUT2D eigenvalue weighted by atomic mass is 10.1. The van der Waals surface area contributed by atoms with Crippen molar-refractivity contribution in [1.82, 2.24) is 4.90 Å². The summed E-state index contributed by atoms with van der Waals surface area (Å²) in [5.74, 6) is -1.25. The van der Waals surface area contributed by atoms with E-state index in [0.717, 1.165) is 4.90 Å². The fraction of sp³-hybridized carbons (Fsp3) is 0.172. The number of carbonyl (C=O) groups excluding carboxylic acids is 4. The fourth-order valence-corrected chi connectivity index (χ4v) is 4.96. The van der Waals surface area contributed by atoms with Crippen LogP contribution in [-0.4, -0.2) is 53.1 Å². The van der Waals surface area contributed by atoms with Crippen molar-refractivity contribution in [1.29, 1.82) is 0 Å². The molecule has 1 aliphatic heterocycles. The van der Waals surface area contributed by atoms with Gasteiger partial charge in [0.05, 0.1) is 34.1 Å². The van der Waals surface area contributed by atoms with Crippen LogP contribution in [0.25, 0.3) is 6.08 Å². The van der Waals surface area contributed by atoms with Gasteiger partial charge >= 0.3 is 5.97 Å².